The van der Waals surface area contributed by atoms with Crippen LogP contribution in [0.1, 0.15) is 42.5 Å². The SMILES string of the molecule is Cc1ccc(N2CCN(c3c(CCC(C)C)c(C)c(C#N)c4nc5ccccc5n34)CC2)cc1. The van der Waals surface area contributed by atoms with Crippen LogP contribution < -0.4 is 9.80 Å². The maximum absolute atomic E-state index is 10.1. The van der Waals surface area contributed by atoms with E-state index >= 15 is 0 Å². The molecular weight excluding hydrogens is 418 g/mol. The number of hydrogen-bond donors (Lipinski definition) is 0. The molecule has 0 saturated carbocycles. The predicted molar refractivity (Wildman–Crippen MR) is 141 cm³/mol. The zero-order chi connectivity index (χ0) is 23.8. The molecule has 4 aromatic rings. The van der Waals surface area contributed by atoms with E-state index in [2.05, 4.69) is 84.4 Å². The van der Waals surface area contributed by atoms with Crippen molar-refractivity contribution in [2.75, 3.05) is 36.0 Å². The Bertz CT molecular complexity index is 1370. The molecule has 174 valence electrons. The predicted octanol–water partition coefficient (Wildman–Crippen LogP) is 5.89. The first-order valence-electron chi connectivity index (χ1n) is 12.4. The fourth-order valence-corrected chi connectivity index (χ4v) is 5.16. The van der Waals surface area contributed by atoms with Gasteiger partial charge in [0.25, 0.3) is 0 Å². The number of imidazole rings is 1. The van der Waals surface area contributed by atoms with Gasteiger partial charge in [-0.25, -0.2) is 4.98 Å². The van der Waals surface area contributed by atoms with Gasteiger partial charge < -0.3 is 9.80 Å². The topological polar surface area (TPSA) is 47.6 Å². The summed E-state index contributed by atoms with van der Waals surface area (Å²) in [5, 5.41) is 10.1. The molecule has 0 spiro atoms. The van der Waals surface area contributed by atoms with E-state index < -0.39 is 0 Å². The van der Waals surface area contributed by atoms with Crippen LogP contribution in [0, 0.1) is 31.1 Å². The van der Waals surface area contributed by atoms with Crippen LogP contribution in [-0.4, -0.2) is 35.6 Å². The quantitative estimate of drug-likeness (QED) is 0.379. The van der Waals surface area contributed by atoms with Crippen molar-refractivity contribution in [2.24, 2.45) is 5.92 Å². The van der Waals surface area contributed by atoms with Crippen molar-refractivity contribution in [3.8, 4) is 6.07 Å². The van der Waals surface area contributed by atoms with Gasteiger partial charge in [0.05, 0.1) is 16.6 Å². The van der Waals surface area contributed by atoms with Gasteiger partial charge in [-0.3, -0.25) is 4.40 Å². The van der Waals surface area contributed by atoms with Crippen LogP contribution in [-0.2, 0) is 6.42 Å². The average molecular weight is 452 g/mol. The molecule has 0 N–H and O–H groups in total. The van der Waals surface area contributed by atoms with Crippen molar-refractivity contribution in [2.45, 2.75) is 40.5 Å². The number of nitriles is 1. The zero-order valence-corrected chi connectivity index (χ0v) is 20.7. The Morgan fingerprint density at radius 1 is 0.941 bits per heavy atom. The molecule has 2 aromatic heterocycles. The number of rotatable bonds is 5. The van der Waals surface area contributed by atoms with Crippen molar-refractivity contribution in [1.82, 2.24) is 9.38 Å². The first-order chi connectivity index (χ1) is 16.5. The summed E-state index contributed by atoms with van der Waals surface area (Å²) in [6.45, 7) is 12.6. The van der Waals surface area contributed by atoms with E-state index in [0.717, 1.165) is 61.3 Å². The minimum atomic E-state index is 0.603. The maximum atomic E-state index is 10.1. The van der Waals surface area contributed by atoms with E-state index in [1.165, 1.54) is 22.6 Å². The molecule has 2 aromatic carbocycles. The highest BCUT2D eigenvalue weighted by Crippen LogP contribution is 2.35. The van der Waals surface area contributed by atoms with Crippen molar-refractivity contribution in [3.05, 3.63) is 70.8 Å². The second-order valence-electron chi connectivity index (χ2n) is 9.92. The maximum Gasteiger partial charge on any atom is 0.157 e. The Kier molecular flexibility index (Phi) is 5.91. The highest BCUT2D eigenvalue weighted by Gasteiger charge is 2.27. The van der Waals surface area contributed by atoms with Gasteiger partial charge in [-0.15, -0.1) is 0 Å². The Morgan fingerprint density at radius 3 is 2.29 bits per heavy atom. The van der Waals surface area contributed by atoms with E-state index in [0.29, 0.717) is 11.5 Å². The summed E-state index contributed by atoms with van der Waals surface area (Å²) in [4.78, 5) is 9.91. The standard InChI is InChI=1S/C29H33N5/c1-20(2)9-14-24-22(4)25(19-30)28-31-26-7-5-6-8-27(26)34(28)29(24)33-17-15-32(16-18-33)23-12-10-21(3)11-13-23/h5-8,10-13,20H,9,14-18H2,1-4H3. The molecule has 0 aliphatic carbocycles. The first-order valence-corrected chi connectivity index (χ1v) is 12.4. The third kappa shape index (κ3) is 3.88. The number of benzene rings is 2. The van der Waals surface area contributed by atoms with Crippen molar-refractivity contribution in [1.29, 1.82) is 5.26 Å². The molecule has 1 aliphatic heterocycles. The Hall–Kier alpha value is -3.52. The molecule has 1 aliphatic rings. The van der Waals surface area contributed by atoms with Crippen molar-refractivity contribution >= 4 is 28.2 Å². The Labute approximate surface area is 202 Å². The number of pyridine rings is 1. The minimum absolute atomic E-state index is 0.603. The first kappa shape index (κ1) is 22.3. The van der Waals surface area contributed by atoms with Gasteiger partial charge >= 0.3 is 0 Å². The van der Waals surface area contributed by atoms with Crippen molar-refractivity contribution < 1.29 is 0 Å². The van der Waals surface area contributed by atoms with Crippen LogP contribution >= 0.6 is 0 Å². The average Bonchev–Trinajstić information content (AvgIpc) is 3.22. The van der Waals surface area contributed by atoms with Crippen LogP contribution in [0.4, 0.5) is 11.5 Å². The van der Waals surface area contributed by atoms with Crippen LogP contribution in [0.15, 0.2) is 48.5 Å². The number of aromatic nitrogens is 2. The second kappa shape index (κ2) is 9.02. The van der Waals surface area contributed by atoms with Crippen LogP contribution in [0.3, 0.4) is 0 Å². The molecule has 5 rings (SSSR count). The highest BCUT2D eigenvalue weighted by molar-refractivity contribution is 5.86. The number of anilines is 2. The summed E-state index contributed by atoms with van der Waals surface area (Å²) in [6, 6.07) is 19.6. The molecule has 1 saturated heterocycles. The molecule has 5 heteroatoms. The fraction of sp³-hybridized carbons (Fsp3) is 0.379. The lowest BCUT2D eigenvalue weighted by molar-refractivity contribution is 0.581. The summed E-state index contributed by atoms with van der Waals surface area (Å²) in [6.07, 6.45) is 2.06. The summed E-state index contributed by atoms with van der Waals surface area (Å²) >= 11 is 0. The van der Waals surface area contributed by atoms with E-state index in [4.69, 9.17) is 4.98 Å². The lowest BCUT2D eigenvalue weighted by atomic mass is 9.96. The molecule has 1 fully saturated rings. The van der Waals surface area contributed by atoms with E-state index in [1.54, 1.807) is 0 Å². The number of fused-ring (bicyclic) bond motifs is 3. The van der Waals surface area contributed by atoms with Gasteiger partial charge in [-0.1, -0.05) is 43.7 Å². The minimum Gasteiger partial charge on any atom is -0.368 e. The number of aryl methyl sites for hydroxylation is 1. The molecule has 0 atom stereocenters. The van der Waals surface area contributed by atoms with Crippen LogP contribution in [0.25, 0.3) is 16.7 Å². The largest absolute Gasteiger partial charge is 0.368 e. The number of piperazine rings is 1. The third-order valence-corrected chi connectivity index (χ3v) is 7.16. The molecular formula is C29H33N5. The lowest BCUT2D eigenvalue weighted by Crippen LogP contribution is -2.47. The fourth-order valence-electron chi connectivity index (χ4n) is 5.16. The summed E-state index contributed by atoms with van der Waals surface area (Å²) < 4.78 is 2.26. The summed E-state index contributed by atoms with van der Waals surface area (Å²) in [7, 11) is 0. The molecule has 0 amide bonds. The van der Waals surface area contributed by atoms with Gasteiger partial charge in [0.1, 0.15) is 11.9 Å². The summed E-state index contributed by atoms with van der Waals surface area (Å²) in [5.41, 5.74) is 8.47. The van der Waals surface area contributed by atoms with Crippen LogP contribution in [0.5, 0.6) is 0 Å². The zero-order valence-electron chi connectivity index (χ0n) is 20.7. The van der Waals surface area contributed by atoms with Gasteiger partial charge in [-0.2, -0.15) is 5.26 Å². The molecule has 0 unspecified atom stereocenters. The molecule has 0 bridgehead atoms. The van der Waals surface area contributed by atoms with E-state index in [-0.39, 0.29) is 0 Å². The van der Waals surface area contributed by atoms with Gasteiger partial charge in [0.2, 0.25) is 0 Å². The molecule has 5 nitrogen and oxygen atoms in total. The van der Waals surface area contributed by atoms with Crippen molar-refractivity contribution in [3.63, 3.8) is 0 Å². The van der Waals surface area contributed by atoms with Crippen LogP contribution in [0.2, 0.25) is 0 Å². The Morgan fingerprint density at radius 2 is 1.62 bits per heavy atom. The molecule has 34 heavy (non-hydrogen) atoms. The number of hydrogen-bond acceptors (Lipinski definition) is 4. The normalized spacial score (nSPS) is 14.4. The van der Waals surface area contributed by atoms with Gasteiger partial charge in [-0.05, 0) is 68.0 Å². The number of para-hydroxylation sites is 2. The molecule has 3 heterocycles. The Balaban J connectivity index is 1.62. The van der Waals surface area contributed by atoms with Gasteiger partial charge in [0, 0.05) is 31.9 Å². The highest BCUT2D eigenvalue weighted by atomic mass is 15.3. The second-order valence-corrected chi connectivity index (χ2v) is 9.92. The number of nitrogens with zero attached hydrogens (tertiary/aromatic N) is 5. The van der Waals surface area contributed by atoms with E-state index in [9.17, 15) is 5.26 Å². The van der Waals surface area contributed by atoms with E-state index in [1.807, 2.05) is 12.1 Å². The van der Waals surface area contributed by atoms with Gasteiger partial charge in [0.15, 0.2) is 5.65 Å². The monoisotopic (exact) mass is 451 g/mol. The third-order valence-electron chi connectivity index (χ3n) is 7.16. The summed E-state index contributed by atoms with van der Waals surface area (Å²) in [5.74, 6) is 1.83. The smallest absolute Gasteiger partial charge is 0.157 e. The molecule has 0 radical (unpaired) electrons. The lowest BCUT2D eigenvalue weighted by Gasteiger charge is -2.39.